The van der Waals surface area contributed by atoms with Gasteiger partial charge in [-0.25, -0.2) is 23.4 Å². The van der Waals surface area contributed by atoms with Gasteiger partial charge in [0.15, 0.2) is 0 Å². The van der Waals surface area contributed by atoms with E-state index in [9.17, 15) is 8.42 Å². The van der Waals surface area contributed by atoms with Gasteiger partial charge < -0.3 is 4.90 Å². The van der Waals surface area contributed by atoms with Crippen molar-refractivity contribution >= 4 is 15.8 Å². The van der Waals surface area contributed by atoms with Crippen molar-refractivity contribution in [2.75, 3.05) is 31.1 Å². The van der Waals surface area contributed by atoms with E-state index in [4.69, 9.17) is 0 Å². The Morgan fingerprint density at radius 2 is 1.66 bits per heavy atom. The van der Waals surface area contributed by atoms with E-state index in [2.05, 4.69) is 19.9 Å². The number of nitrogens with zero attached hydrogens (tertiary/aromatic N) is 6. The highest BCUT2D eigenvalue weighted by molar-refractivity contribution is 7.89. The second kappa shape index (κ2) is 7.57. The second-order valence-electron chi connectivity index (χ2n) is 7.26. The van der Waals surface area contributed by atoms with E-state index in [0.29, 0.717) is 36.9 Å². The van der Waals surface area contributed by atoms with Crippen LogP contribution in [-0.2, 0) is 10.0 Å². The van der Waals surface area contributed by atoms with Crippen LogP contribution >= 0.6 is 0 Å². The van der Waals surface area contributed by atoms with E-state index < -0.39 is 10.0 Å². The number of aromatic nitrogens is 4. The summed E-state index contributed by atoms with van der Waals surface area (Å²) in [7, 11) is -3.51. The normalized spacial score (nSPS) is 15.6. The van der Waals surface area contributed by atoms with Gasteiger partial charge in [-0.05, 0) is 38.0 Å². The molecule has 1 saturated heterocycles. The summed E-state index contributed by atoms with van der Waals surface area (Å²) in [5.41, 5.74) is 1.71. The number of hydrogen-bond acceptors (Lipinski definition) is 6. The molecule has 1 aromatic carbocycles. The predicted molar refractivity (Wildman–Crippen MR) is 111 cm³/mol. The van der Waals surface area contributed by atoms with Crippen molar-refractivity contribution in [3.05, 3.63) is 59.9 Å². The maximum Gasteiger partial charge on any atom is 0.243 e. The van der Waals surface area contributed by atoms with E-state index in [1.165, 1.54) is 0 Å². The molecule has 0 amide bonds. The Labute approximate surface area is 170 Å². The van der Waals surface area contributed by atoms with Gasteiger partial charge in [0, 0.05) is 44.6 Å². The fraction of sp³-hybridized carbons (Fsp3) is 0.350. The van der Waals surface area contributed by atoms with Crippen LogP contribution in [0.1, 0.15) is 17.0 Å². The van der Waals surface area contributed by atoms with Crippen LogP contribution in [0.4, 0.5) is 5.82 Å². The van der Waals surface area contributed by atoms with Crippen LogP contribution in [0.2, 0.25) is 0 Å². The molecule has 9 heteroatoms. The zero-order valence-electron chi connectivity index (χ0n) is 16.8. The van der Waals surface area contributed by atoms with Gasteiger partial charge in [0.1, 0.15) is 23.8 Å². The lowest BCUT2D eigenvalue weighted by Gasteiger charge is -2.35. The quantitative estimate of drug-likeness (QED) is 0.653. The third kappa shape index (κ3) is 3.88. The summed E-state index contributed by atoms with van der Waals surface area (Å²) in [4.78, 5) is 15.6. The van der Waals surface area contributed by atoms with Crippen molar-refractivity contribution in [1.29, 1.82) is 0 Å². The summed E-state index contributed by atoms with van der Waals surface area (Å²) in [6, 6.07) is 7.45. The van der Waals surface area contributed by atoms with Crippen LogP contribution in [0, 0.1) is 20.8 Å². The van der Waals surface area contributed by atoms with Gasteiger partial charge in [0.2, 0.25) is 10.0 Å². The standard InChI is InChI=1S/C20H24N6O2S/c1-15-4-5-16(2)18(12-15)29(27,28)26-10-8-24(9-11-26)19-13-20(23-17(3)22-19)25-7-6-21-14-25/h4-7,12-14H,8-11H2,1-3H3. The molecule has 1 aliphatic heterocycles. The number of piperazine rings is 1. The highest BCUT2D eigenvalue weighted by Crippen LogP contribution is 2.24. The molecule has 1 fully saturated rings. The van der Waals surface area contributed by atoms with Gasteiger partial charge >= 0.3 is 0 Å². The molecule has 3 aromatic rings. The molecule has 3 heterocycles. The molecule has 29 heavy (non-hydrogen) atoms. The van der Waals surface area contributed by atoms with Gasteiger partial charge in [-0.2, -0.15) is 4.31 Å². The van der Waals surface area contributed by atoms with Crippen LogP contribution < -0.4 is 4.90 Å². The molecule has 0 bridgehead atoms. The Kier molecular flexibility index (Phi) is 5.10. The van der Waals surface area contributed by atoms with Crippen molar-refractivity contribution < 1.29 is 8.42 Å². The number of benzene rings is 1. The molecule has 8 nitrogen and oxygen atoms in total. The number of hydrogen-bond donors (Lipinski definition) is 0. The minimum Gasteiger partial charge on any atom is -0.354 e. The third-order valence-electron chi connectivity index (χ3n) is 5.10. The van der Waals surface area contributed by atoms with E-state index >= 15 is 0 Å². The molecule has 0 atom stereocenters. The van der Waals surface area contributed by atoms with Crippen molar-refractivity contribution in [3.63, 3.8) is 0 Å². The third-order valence-corrected chi connectivity index (χ3v) is 7.14. The van der Waals surface area contributed by atoms with Gasteiger partial charge in [-0.15, -0.1) is 0 Å². The number of anilines is 1. The van der Waals surface area contributed by atoms with Crippen LogP contribution in [0.15, 0.2) is 47.9 Å². The molecule has 0 radical (unpaired) electrons. The van der Waals surface area contributed by atoms with Gasteiger partial charge in [0.05, 0.1) is 4.90 Å². The van der Waals surface area contributed by atoms with Crippen molar-refractivity contribution in [1.82, 2.24) is 23.8 Å². The van der Waals surface area contributed by atoms with Crippen LogP contribution in [-0.4, -0.2) is 58.4 Å². The summed E-state index contributed by atoms with van der Waals surface area (Å²) in [6.45, 7) is 7.58. The first-order chi connectivity index (χ1) is 13.8. The SMILES string of the molecule is Cc1ccc(C)c(S(=O)(=O)N2CCN(c3cc(-n4ccnc4)nc(C)n3)CC2)c1. The first-order valence-corrected chi connectivity index (χ1v) is 10.9. The smallest absolute Gasteiger partial charge is 0.243 e. The largest absolute Gasteiger partial charge is 0.354 e. The fourth-order valence-electron chi connectivity index (χ4n) is 3.51. The summed E-state index contributed by atoms with van der Waals surface area (Å²) < 4.78 is 29.7. The highest BCUT2D eigenvalue weighted by Gasteiger charge is 2.30. The number of imidazole rings is 1. The zero-order chi connectivity index (χ0) is 20.6. The van der Waals surface area contributed by atoms with E-state index in [0.717, 1.165) is 22.8 Å². The van der Waals surface area contributed by atoms with Crippen LogP contribution in [0.3, 0.4) is 0 Å². The molecule has 0 N–H and O–H groups in total. The molecule has 1 aliphatic rings. The molecule has 2 aromatic heterocycles. The minimum absolute atomic E-state index is 0.395. The fourth-order valence-corrected chi connectivity index (χ4v) is 5.24. The number of sulfonamides is 1. The van der Waals surface area contributed by atoms with Gasteiger partial charge in [-0.1, -0.05) is 12.1 Å². The molecule has 0 saturated carbocycles. The number of aryl methyl sites for hydroxylation is 3. The van der Waals surface area contributed by atoms with Crippen LogP contribution in [0.5, 0.6) is 0 Å². The first kappa shape index (κ1) is 19.5. The number of rotatable bonds is 4. The Morgan fingerprint density at radius 3 is 2.34 bits per heavy atom. The maximum absolute atomic E-state index is 13.1. The Bertz CT molecular complexity index is 1120. The summed E-state index contributed by atoms with van der Waals surface area (Å²) >= 11 is 0. The maximum atomic E-state index is 13.1. The molecule has 0 spiro atoms. The van der Waals surface area contributed by atoms with Gasteiger partial charge in [0.25, 0.3) is 0 Å². The van der Waals surface area contributed by atoms with Crippen molar-refractivity contribution in [2.24, 2.45) is 0 Å². The average Bonchev–Trinajstić information content (AvgIpc) is 3.24. The summed E-state index contributed by atoms with van der Waals surface area (Å²) in [5.74, 6) is 2.21. The van der Waals surface area contributed by atoms with Crippen molar-refractivity contribution in [2.45, 2.75) is 25.7 Å². The lowest BCUT2D eigenvalue weighted by atomic mass is 10.2. The molecule has 4 rings (SSSR count). The monoisotopic (exact) mass is 412 g/mol. The van der Waals surface area contributed by atoms with E-state index in [-0.39, 0.29) is 0 Å². The molecule has 0 aliphatic carbocycles. The average molecular weight is 413 g/mol. The Hall–Kier alpha value is -2.78. The Balaban J connectivity index is 1.53. The summed E-state index contributed by atoms with van der Waals surface area (Å²) in [6.07, 6.45) is 5.23. The molecular weight excluding hydrogens is 388 g/mol. The second-order valence-corrected chi connectivity index (χ2v) is 9.17. The van der Waals surface area contributed by atoms with Gasteiger partial charge in [-0.3, -0.25) is 4.57 Å². The Morgan fingerprint density at radius 1 is 0.931 bits per heavy atom. The lowest BCUT2D eigenvalue weighted by Crippen LogP contribution is -2.49. The minimum atomic E-state index is -3.51. The summed E-state index contributed by atoms with van der Waals surface area (Å²) in [5, 5.41) is 0. The van der Waals surface area contributed by atoms with Crippen molar-refractivity contribution in [3.8, 4) is 5.82 Å². The zero-order valence-corrected chi connectivity index (χ0v) is 17.6. The van der Waals surface area contributed by atoms with E-state index in [1.807, 2.05) is 49.7 Å². The molecular formula is C20H24N6O2S. The first-order valence-electron chi connectivity index (χ1n) is 9.51. The lowest BCUT2D eigenvalue weighted by molar-refractivity contribution is 0.383. The molecule has 152 valence electrons. The molecule has 0 unspecified atom stereocenters. The van der Waals surface area contributed by atoms with Crippen LogP contribution in [0.25, 0.3) is 5.82 Å². The predicted octanol–water partition coefficient (Wildman–Crippen LogP) is 2.10. The topological polar surface area (TPSA) is 84.2 Å². The van der Waals surface area contributed by atoms with E-state index in [1.54, 1.807) is 22.9 Å². The highest BCUT2D eigenvalue weighted by atomic mass is 32.2.